The topological polar surface area (TPSA) is 39.1 Å². The highest BCUT2D eigenvalue weighted by molar-refractivity contribution is 5.56. The fourth-order valence-electron chi connectivity index (χ4n) is 1.57. The van der Waals surface area contributed by atoms with Gasteiger partial charge in [0.2, 0.25) is 0 Å². The van der Waals surface area contributed by atoms with Gasteiger partial charge in [-0.1, -0.05) is 0 Å². The molecule has 17 heavy (non-hydrogen) atoms. The Morgan fingerprint density at radius 3 is 2.94 bits per heavy atom. The summed E-state index contributed by atoms with van der Waals surface area (Å²) < 4.78 is 19.8. The maximum Gasteiger partial charge on any atom is 0.144 e. The molecule has 1 heterocycles. The van der Waals surface area contributed by atoms with E-state index in [1.165, 1.54) is 19.2 Å². The van der Waals surface area contributed by atoms with Crippen molar-refractivity contribution in [2.24, 2.45) is 7.05 Å². The summed E-state index contributed by atoms with van der Waals surface area (Å²) in [5.41, 5.74) is 1.82. The lowest BCUT2D eigenvalue weighted by molar-refractivity contribution is 0.413. The van der Waals surface area contributed by atoms with Crippen LogP contribution in [0.25, 0.3) is 0 Å². The molecule has 0 aliphatic heterocycles. The molecule has 2 aromatic rings. The predicted molar refractivity (Wildman–Crippen MR) is 63.5 cm³/mol. The molecule has 2 rings (SSSR count). The van der Waals surface area contributed by atoms with E-state index in [1.807, 2.05) is 13.2 Å². The van der Waals surface area contributed by atoms with Gasteiger partial charge < -0.3 is 10.1 Å². The minimum Gasteiger partial charge on any atom is -0.494 e. The summed E-state index contributed by atoms with van der Waals surface area (Å²) in [6, 6.07) is 4.41. The van der Waals surface area contributed by atoms with Gasteiger partial charge in [-0.05, 0) is 12.1 Å². The third-order valence-corrected chi connectivity index (χ3v) is 2.40. The second-order valence-corrected chi connectivity index (χ2v) is 3.72. The first-order valence-electron chi connectivity index (χ1n) is 5.24. The van der Waals surface area contributed by atoms with Crippen LogP contribution < -0.4 is 10.1 Å². The lowest BCUT2D eigenvalue weighted by atomic mass is 10.2. The molecule has 0 unspecified atom stereocenters. The minimum absolute atomic E-state index is 0.311. The number of hydrogen-bond donors (Lipinski definition) is 1. The number of nitrogens with one attached hydrogen (secondary N) is 1. The SMILES string of the molecule is COc1cc(F)ccc1NCc1cnn(C)c1. The Hall–Kier alpha value is -2.04. The van der Waals surface area contributed by atoms with E-state index in [9.17, 15) is 4.39 Å². The van der Waals surface area contributed by atoms with Crippen molar-refractivity contribution < 1.29 is 9.13 Å². The summed E-state index contributed by atoms with van der Waals surface area (Å²) in [5.74, 6) is 0.183. The van der Waals surface area contributed by atoms with Crippen LogP contribution in [0.3, 0.4) is 0 Å². The number of rotatable bonds is 4. The van der Waals surface area contributed by atoms with Gasteiger partial charge in [-0.2, -0.15) is 5.10 Å². The van der Waals surface area contributed by atoms with Gasteiger partial charge in [0.25, 0.3) is 0 Å². The second-order valence-electron chi connectivity index (χ2n) is 3.72. The van der Waals surface area contributed by atoms with Crippen LogP contribution in [0.4, 0.5) is 10.1 Å². The van der Waals surface area contributed by atoms with E-state index in [0.29, 0.717) is 12.3 Å². The zero-order valence-corrected chi connectivity index (χ0v) is 9.77. The summed E-state index contributed by atoms with van der Waals surface area (Å²) in [6.45, 7) is 0.621. The largest absolute Gasteiger partial charge is 0.494 e. The Labute approximate surface area is 99.0 Å². The smallest absolute Gasteiger partial charge is 0.144 e. The quantitative estimate of drug-likeness (QED) is 0.882. The summed E-state index contributed by atoms with van der Waals surface area (Å²) in [7, 11) is 3.38. The van der Waals surface area contributed by atoms with Crippen LogP contribution in [0.5, 0.6) is 5.75 Å². The third kappa shape index (κ3) is 2.75. The normalized spacial score (nSPS) is 10.3. The van der Waals surface area contributed by atoms with Crippen molar-refractivity contribution in [3.63, 3.8) is 0 Å². The summed E-state index contributed by atoms with van der Waals surface area (Å²) in [5, 5.41) is 7.25. The lowest BCUT2D eigenvalue weighted by Crippen LogP contribution is -2.01. The van der Waals surface area contributed by atoms with E-state index in [0.717, 1.165) is 11.3 Å². The van der Waals surface area contributed by atoms with Crippen LogP contribution in [0.15, 0.2) is 30.6 Å². The first kappa shape index (κ1) is 11.4. The van der Waals surface area contributed by atoms with E-state index >= 15 is 0 Å². The average molecular weight is 235 g/mol. The monoisotopic (exact) mass is 235 g/mol. The lowest BCUT2D eigenvalue weighted by Gasteiger charge is -2.10. The Balaban J connectivity index is 2.08. The zero-order chi connectivity index (χ0) is 12.3. The molecule has 0 atom stereocenters. The van der Waals surface area contributed by atoms with Gasteiger partial charge in [0.1, 0.15) is 11.6 Å². The highest BCUT2D eigenvalue weighted by Crippen LogP contribution is 2.25. The first-order valence-corrected chi connectivity index (χ1v) is 5.24. The van der Waals surface area contributed by atoms with Crippen LogP contribution in [-0.2, 0) is 13.6 Å². The van der Waals surface area contributed by atoms with Crippen LogP contribution in [-0.4, -0.2) is 16.9 Å². The van der Waals surface area contributed by atoms with Crippen molar-refractivity contribution in [1.29, 1.82) is 0 Å². The Bertz CT molecular complexity index is 510. The molecule has 0 bridgehead atoms. The number of anilines is 1. The van der Waals surface area contributed by atoms with E-state index < -0.39 is 0 Å². The molecule has 0 saturated heterocycles. The van der Waals surface area contributed by atoms with E-state index in [1.54, 1.807) is 16.9 Å². The molecule has 5 heteroatoms. The van der Waals surface area contributed by atoms with Crippen LogP contribution in [0.1, 0.15) is 5.56 Å². The van der Waals surface area contributed by atoms with Crippen molar-refractivity contribution in [2.45, 2.75) is 6.54 Å². The Morgan fingerprint density at radius 2 is 2.29 bits per heavy atom. The molecule has 1 N–H and O–H groups in total. The van der Waals surface area contributed by atoms with Crippen LogP contribution in [0.2, 0.25) is 0 Å². The zero-order valence-electron chi connectivity index (χ0n) is 9.77. The van der Waals surface area contributed by atoms with Crippen molar-refractivity contribution in [1.82, 2.24) is 9.78 Å². The molecule has 0 amide bonds. The fraction of sp³-hybridized carbons (Fsp3) is 0.250. The maximum absolute atomic E-state index is 13.0. The van der Waals surface area contributed by atoms with Gasteiger partial charge in [0, 0.05) is 31.4 Å². The van der Waals surface area contributed by atoms with Gasteiger partial charge in [0.05, 0.1) is 19.0 Å². The molecule has 0 saturated carbocycles. The number of methoxy groups -OCH3 is 1. The van der Waals surface area contributed by atoms with Gasteiger partial charge in [0.15, 0.2) is 0 Å². The maximum atomic E-state index is 13.0. The van der Waals surface area contributed by atoms with Crippen molar-refractivity contribution >= 4 is 5.69 Å². The number of nitrogens with zero attached hydrogens (tertiary/aromatic N) is 2. The van der Waals surface area contributed by atoms with Crippen molar-refractivity contribution in [3.05, 3.63) is 42.0 Å². The van der Waals surface area contributed by atoms with E-state index in [4.69, 9.17) is 4.74 Å². The molecule has 1 aromatic heterocycles. The Kier molecular flexibility index (Phi) is 3.27. The summed E-state index contributed by atoms with van der Waals surface area (Å²) >= 11 is 0. The molecular formula is C12H14FN3O. The highest BCUT2D eigenvalue weighted by atomic mass is 19.1. The molecule has 1 aromatic carbocycles. The van der Waals surface area contributed by atoms with Crippen molar-refractivity contribution in [2.75, 3.05) is 12.4 Å². The predicted octanol–water partition coefficient (Wildman–Crippen LogP) is 2.18. The minimum atomic E-state index is -0.311. The van der Waals surface area contributed by atoms with Gasteiger partial charge >= 0.3 is 0 Å². The molecule has 0 radical (unpaired) electrons. The molecule has 0 aliphatic rings. The number of aromatic nitrogens is 2. The van der Waals surface area contributed by atoms with E-state index in [-0.39, 0.29) is 5.82 Å². The molecule has 90 valence electrons. The number of benzene rings is 1. The van der Waals surface area contributed by atoms with Gasteiger partial charge in [-0.25, -0.2) is 4.39 Å². The van der Waals surface area contributed by atoms with E-state index in [2.05, 4.69) is 10.4 Å². The molecule has 0 aliphatic carbocycles. The van der Waals surface area contributed by atoms with Crippen molar-refractivity contribution in [3.8, 4) is 5.75 Å². The molecular weight excluding hydrogens is 221 g/mol. The first-order chi connectivity index (χ1) is 8.19. The summed E-state index contributed by atoms with van der Waals surface area (Å²) in [4.78, 5) is 0. The standard InChI is InChI=1S/C12H14FN3O/c1-16-8-9(7-15-16)6-14-11-4-3-10(13)5-12(11)17-2/h3-5,7-8,14H,6H2,1-2H3. The second kappa shape index (κ2) is 4.86. The van der Waals surface area contributed by atoms with Gasteiger partial charge in [-0.15, -0.1) is 0 Å². The average Bonchev–Trinajstić information content (AvgIpc) is 2.73. The third-order valence-electron chi connectivity index (χ3n) is 2.40. The summed E-state index contributed by atoms with van der Waals surface area (Å²) in [6.07, 6.45) is 3.70. The molecule has 0 fully saturated rings. The number of aryl methyl sites for hydroxylation is 1. The van der Waals surface area contributed by atoms with Gasteiger partial charge in [-0.3, -0.25) is 4.68 Å². The van der Waals surface area contributed by atoms with Crippen LogP contribution >= 0.6 is 0 Å². The fourth-order valence-corrected chi connectivity index (χ4v) is 1.57. The Morgan fingerprint density at radius 1 is 1.47 bits per heavy atom. The van der Waals surface area contributed by atoms with Crippen LogP contribution in [0, 0.1) is 5.82 Å². The number of hydrogen-bond acceptors (Lipinski definition) is 3. The molecule has 0 spiro atoms. The number of halogens is 1. The number of ether oxygens (including phenoxy) is 1. The molecule has 4 nitrogen and oxygen atoms in total. The highest BCUT2D eigenvalue weighted by Gasteiger charge is 2.04.